The number of likely N-dealkylation sites (tertiary alicyclic amines) is 2. The third-order valence-electron chi connectivity index (χ3n) is 10.3. The maximum atomic E-state index is 14.0. The normalized spacial score (nSPS) is 16.5. The van der Waals surface area contributed by atoms with Gasteiger partial charge in [-0.05, 0) is 119 Å². The van der Waals surface area contributed by atoms with Gasteiger partial charge in [0.25, 0.3) is 15.9 Å². The molecule has 4 heterocycles. The lowest BCUT2D eigenvalue weighted by atomic mass is 9.86. The third-order valence-corrected chi connectivity index (χ3v) is 11.9. The number of carbonyl (C=O) groups is 1. The summed E-state index contributed by atoms with van der Waals surface area (Å²) in [5, 5.41) is 0.732. The molecule has 3 aromatic carbocycles. The Morgan fingerprint density at radius 2 is 1.52 bits per heavy atom. The fraction of sp³-hybridized carbons (Fsp3) is 0.333. The SMILES string of the molecule is Cc1ccc(S(=O)(=O)n2cc(-c3ccc(C(=O)N4CC(N(C)C)C4)cc3)c3cc(-c4ccc(C5CCN(C)CC5)c(C)c4)cnc32)cc1. The van der Waals surface area contributed by atoms with Gasteiger partial charge in [0.15, 0.2) is 5.65 Å². The summed E-state index contributed by atoms with van der Waals surface area (Å²) in [5.41, 5.74) is 8.16. The summed E-state index contributed by atoms with van der Waals surface area (Å²) >= 11 is 0. The van der Waals surface area contributed by atoms with Gasteiger partial charge in [-0.3, -0.25) is 4.79 Å². The van der Waals surface area contributed by atoms with Crippen molar-refractivity contribution in [2.45, 2.75) is 43.5 Å². The largest absolute Gasteiger partial charge is 0.335 e. The number of nitrogens with zero attached hydrogens (tertiary/aromatic N) is 5. The standard InChI is InChI=1S/C39H43N5O3S/c1-26-6-13-34(14-7-26)48(46,47)44-25-37(28-8-10-30(11-9-28)39(45)43-23-33(24-43)41(3)4)36-21-32(22-40-38(36)44)31-12-15-35(27(2)20-31)29-16-18-42(5)19-17-29/h6-15,20-22,25,29,33H,16-19,23-24H2,1-5H3. The van der Waals surface area contributed by atoms with Crippen LogP contribution in [-0.4, -0.2) is 91.3 Å². The molecule has 0 spiro atoms. The van der Waals surface area contributed by atoms with E-state index in [-0.39, 0.29) is 10.8 Å². The number of hydrogen-bond acceptors (Lipinski definition) is 6. The molecule has 5 aromatic rings. The molecule has 9 heteroatoms. The number of likely N-dealkylation sites (N-methyl/N-ethyl adjacent to an activating group) is 1. The first kappa shape index (κ1) is 32.2. The van der Waals surface area contributed by atoms with Gasteiger partial charge in [0.1, 0.15) is 0 Å². The van der Waals surface area contributed by atoms with Crippen molar-refractivity contribution in [2.24, 2.45) is 0 Å². The molecule has 7 rings (SSSR count). The van der Waals surface area contributed by atoms with Crippen LogP contribution in [0.1, 0.15) is 45.8 Å². The van der Waals surface area contributed by atoms with E-state index in [1.807, 2.05) is 56.3 Å². The quantitative estimate of drug-likeness (QED) is 0.200. The molecule has 48 heavy (non-hydrogen) atoms. The summed E-state index contributed by atoms with van der Waals surface area (Å²) in [5.74, 6) is 0.570. The van der Waals surface area contributed by atoms with Crippen molar-refractivity contribution in [3.8, 4) is 22.3 Å². The number of carbonyl (C=O) groups excluding carboxylic acids is 1. The lowest BCUT2D eigenvalue weighted by Gasteiger charge is -2.42. The molecule has 2 aliphatic rings. The predicted molar refractivity (Wildman–Crippen MR) is 192 cm³/mol. The molecule has 0 N–H and O–H groups in total. The molecule has 0 unspecified atom stereocenters. The highest BCUT2D eigenvalue weighted by Crippen LogP contribution is 2.37. The molecule has 2 aliphatic heterocycles. The van der Waals surface area contributed by atoms with E-state index in [1.165, 1.54) is 15.1 Å². The molecule has 2 saturated heterocycles. The average Bonchev–Trinajstić information content (AvgIpc) is 3.44. The number of hydrogen-bond donors (Lipinski definition) is 0. The Morgan fingerprint density at radius 1 is 0.854 bits per heavy atom. The molecule has 2 aromatic heterocycles. The first-order valence-corrected chi connectivity index (χ1v) is 18.1. The highest BCUT2D eigenvalue weighted by atomic mass is 32.2. The van der Waals surface area contributed by atoms with Gasteiger partial charge in [0, 0.05) is 53.6 Å². The van der Waals surface area contributed by atoms with Crippen LogP contribution in [0.4, 0.5) is 0 Å². The van der Waals surface area contributed by atoms with E-state index in [4.69, 9.17) is 4.98 Å². The minimum Gasteiger partial charge on any atom is -0.335 e. The minimum atomic E-state index is -3.93. The minimum absolute atomic E-state index is 0.00652. The molecule has 2 fully saturated rings. The smallest absolute Gasteiger partial charge is 0.269 e. The summed E-state index contributed by atoms with van der Waals surface area (Å²) in [6.45, 7) is 7.77. The molecule has 0 radical (unpaired) electrons. The zero-order chi connectivity index (χ0) is 33.7. The van der Waals surface area contributed by atoms with Crippen LogP contribution in [0, 0.1) is 13.8 Å². The van der Waals surface area contributed by atoms with E-state index >= 15 is 0 Å². The topological polar surface area (TPSA) is 78.8 Å². The van der Waals surface area contributed by atoms with Gasteiger partial charge in [-0.2, -0.15) is 0 Å². The van der Waals surface area contributed by atoms with Gasteiger partial charge < -0.3 is 14.7 Å². The lowest BCUT2D eigenvalue weighted by molar-refractivity contribution is 0.0399. The van der Waals surface area contributed by atoms with Gasteiger partial charge >= 0.3 is 0 Å². The Labute approximate surface area is 283 Å². The Balaban J connectivity index is 1.28. The fourth-order valence-electron chi connectivity index (χ4n) is 7.03. The van der Waals surface area contributed by atoms with Crippen molar-refractivity contribution >= 4 is 27.0 Å². The number of aromatic nitrogens is 2. The number of aryl methyl sites for hydroxylation is 2. The lowest BCUT2D eigenvalue weighted by Crippen LogP contribution is -2.59. The third kappa shape index (κ3) is 5.95. The van der Waals surface area contributed by atoms with Crippen LogP contribution in [-0.2, 0) is 10.0 Å². The van der Waals surface area contributed by atoms with Crippen LogP contribution < -0.4 is 0 Å². The Morgan fingerprint density at radius 3 is 2.17 bits per heavy atom. The first-order valence-electron chi connectivity index (χ1n) is 16.7. The van der Waals surface area contributed by atoms with Crippen molar-refractivity contribution < 1.29 is 13.2 Å². The van der Waals surface area contributed by atoms with E-state index in [1.54, 1.807) is 36.7 Å². The summed E-state index contributed by atoms with van der Waals surface area (Å²) in [4.78, 5) is 24.5. The zero-order valence-electron chi connectivity index (χ0n) is 28.3. The predicted octanol–water partition coefficient (Wildman–Crippen LogP) is 6.42. The number of fused-ring (bicyclic) bond motifs is 1. The summed E-state index contributed by atoms with van der Waals surface area (Å²) in [7, 11) is 2.32. The fourth-order valence-corrected chi connectivity index (χ4v) is 8.35. The van der Waals surface area contributed by atoms with Crippen LogP contribution in [0.2, 0.25) is 0 Å². The molecular formula is C39H43N5O3S. The van der Waals surface area contributed by atoms with E-state index in [2.05, 4.69) is 42.0 Å². The summed E-state index contributed by atoms with van der Waals surface area (Å²) < 4.78 is 29.3. The Hall–Kier alpha value is -4.31. The highest BCUT2D eigenvalue weighted by Gasteiger charge is 2.32. The number of benzene rings is 3. The van der Waals surface area contributed by atoms with Crippen LogP contribution in [0.3, 0.4) is 0 Å². The van der Waals surface area contributed by atoms with Crippen molar-refractivity contribution in [1.29, 1.82) is 0 Å². The number of rotatable bonds is 7. The first-order chi connectivity index (χ1) is 23.0. The molecule has 8 nitrogen and oxygen atoms in total. The van der Waals surface area contributed by atoms with Crippen molar-refractivity contribution in [3.05, 3.63) is 107 Å². The van der Waals surface area contributed by atoms with Crippen LogP contribution in [0.15, 0.2) is 90.1 Å². The molecule has 0 atom stereocenters. The van der Waals surface area contributed by atoms with Gasteiger partial charge in [-0.1, -0.05) is 48.0 Å². The average molecular weight is 662 g/mol. The van der Waals surface area contributed by atoms with E-state index < -0.39 is 10.0 Å². The van der Waals surface area contributed by atoms with Crippen molar-refractivity contribution in [1.82, 2.24) is 23.7 Å². The molecular weight excluding hydrogens is 619 g/mol. The summed E-state index contributed by atoms with van der Waals surface area (Å²) in [6.07, 6.45) is 5.76. The number of pyridine rings is 1. The van der Waals surface area contributed by atoms with Crippen LogP contribution >= 0.6 is 0 Å². The number of amides is 1. The zero-order valence-corrected chi connectivity index (χ0v) is 29.2. The van der Waals surface area contributed by atoms with Crippen molar-refractivity contribution in [2.75, 3.05) is 47.3 Å². The monoisotopic (exact) mass is 661 g/mol. The Kier molecular flexibility index (Phi) is 8.48. The molecule has 0 saturated carbocycles. The summed E-state index contributed by atoms with van der Waals surface area (Å²) in [6, 6.07) is 23.4. The van der Waals surface area contributed by atoms with Gasteiger partial charge in [0.2, 0.25) is 0 Å². The second-order valence-electron chi connectivity index (χ2n) is 13.8. The van der Waals surface area contributed by atoms with E-state index in [9.17, 15) is 13.2 Å². The second-order valence-corrected chi connectivity index (χ2v) is 15.6. The van der Waals surface area contributed by atoms with Gasteiger partial charge in [0.05, 0.1) is 4.90 Å². The van der Waals surface area contributed by atoms with Gasteiger partial charge in [-0.25, -0.2) is 17.4 Å². The Bertz CT molecular complexity index is 2090. The maximum Gasteiger partial charge on any atom is 0.269 e. The van der Waals surface area contributed by atoms with E-state index in [0.29, 0.717) is 36.3 Å². The molecule has 0 bridgehead atoms. The van der Waals surface area contributed by atoms with Crippen LogP contribution in [0.5, 0.6) is 0 Å². The molecule has 248 valence electrons. The second kappa shape index (κ2) is 12.6. The van der Waals surface area contributed by atoms with E-state index in [0.717, 1.165) is 59.1 Å². The highest BCUT2D eigenvalue weighted by molar-refractivity contribution is 7.90. The van der Waals surface area contributed by atoms with Gasteiger partial charge in [-0.15, -0.1) is 0 Å². The number of piperidine rings is 1. The molecule has 0 aliphatic carbocycles. The molecule has 1 amide bonds. The van der Waals surface area contributed by atoms with Crippen molar-refractivity contribution in [3.63, 3.8) is 0 Å². The van der Waals surface area contributed by atoms with Crippen LogP contribution in [0.25, 0.3) is 33.3 Å². The maximum absolute atomic E-state index is 14.0.